The van der Waals surface area contributed by atoms with Crippen LogP contribution in [-0.2, 0) is 22.5 Å². The Morgan fingerprint density at radius 3 is 2.72 bits per heavy atom. The Labute approximate surface area is 174 Å². The van der Waals surface area contributed by atoms with Crippen LogP contribution in [0.3, 0.4) is 0 Å². The normalized spacial score (nSPS) is 27.7. The largest absolute Gasteiger partial charge is 0.462 e. The van der Waals surface area contributed by atoms with Crippen LogP contribution in [-0.4, -0.2) is 40.7 Å². The lowest BCUT2D eigenvalue weighted by atomic mass is 9.72. The average Bonchev–Trinajstić information content (AvgIpc) is 3.13. The molecule has 0 spiro atoms. The number of rotatable bonds is 4. The summed E-state index contributed by atoms with van der Waals surface area (Å²) in [5.74, 6) is 0.484. The first-order valence-electron chi connectivity index (χ1n) is 11.7. The second-order valence-electron chi connectivity index (χ2n) is 9.28. The Bertz CT molecular complexity index is 896. The maximum Gasteiger partial charge on any atom is 0.310 e. The van der Waals surface area contributed by atoms with Crippen LogP contribution >= 0.6 is 0 Å². The van der Waals surface area contributed by atoms with Crippen molar-refractivity contribution in [1.82, 2.24) is 9.47 Å². The molecule has 2 aromatic rings. The highest BCUT2D eigenvalue weighted by Gasteiger charge is 2.43. The van der Waals surface area contributed by atoms with Gasteiger partial charge in [0.15, 0.2) is 0 Å². The Hall–Kier alpha value is -1.81. The van der Waals surface area contributed by atoms with E-state index in [0.717, 1.165) is 45.3 Å². The van der Waals surface area contributed by atoms with Crippen LogP contribution in [0.2, 0.25) is 0 Å². The number of esters is 1. The number of carbonyl (C=O) groups is 1. The standard InChI is InChI=1S/C25H34N2O2/c1-3-26-15-17-14-23-21(20-11-8-12-22(26)24(17)20)13-18(16-27(23)4-2)25(28)29-19-9-6-5-7-10-19/h8,11-12,15,18-19,21,23H,3-7,9-10,13-14,16H2,1-2H3/t18-,21?,23-/m1/s1. The van der Waals surface area contributed by atoms with E-state index in [-0.39, 0.29) is 18.0 Å². The van der Waals surface area contributed by atoms with Gasteiger partial charge in [0, 0.05) is 42.1 Å². The number of nitrogens with zero attached hydrogens (tertiary/aromatic N) is 2. The molecule has 29 heavy (non-hydrogen) atoms. The van der Waals surface area contributed by atoms with Gasteiger partial charge in [-0.05, 0) is 69.2 Å². The van der Waals surface area contributed by atoms with E-state index in [0.29, 0.717) is 12.0 Å². The van der Waals surface area contributed by atoms with Gasteiger partial charge in [-0.3, -0.25) is 9.69 Å². The van der Waals surface area contributed by atoms with Crippen LogP contribution in [0.5, 0.6) is 0 Å². The molecule has 4 heteroatoms. The molecule has 3 atom stereocenters. The van der Waals surface area contributed by atoms with Gasteiger partial charge in [0.1, 0.15) is 6.10 Å². The molecule has 2 heterocycles. The lowest BCUT2D eigenvalue weighted by molar-refractivity contribution is -0.158. The number of piperidine rings is 1. The van der Waals surface area contributed by atoms with E-state index in [1.165, 1.54) is 41.3 Å². The van der Waals surface area contributed by atoms with Gasteiger partial charge in [0.2, 0.25) is 0 Å². The highest BCUT2D eigenvalue weighted by atomic mass is 16.5. The number of benzene rings is 1. The van der Waals surface area contributed by atoms with Crippen molar-refractivity contribution in [1.29, 1.82) is 0 Å². The van der Waals surface area contributed by atoms with E-state index in [9.17, 15) is 4.79 Å². The summed E-state index contributed by atoms with van der Waals surface area (Å²) in [6.45, 7) is 7.30. The van der Waals surface area contributed by atoms with Crippen molar-refractivity contribution in [3.8, 4) is 0 Å². The number of hydrogen-bond acceptors (Lipinski definition) is 3. The van der Waals surface area contributed by atoms with E-state index < -0.39 is 0 Å². The maximum absolute atomic E-state index is 13.1. The van der Waals surface area contributed by atoms with Gasteiger partial charge >= 0.3 is 5.97 Å². The number of carbonyl (C=O) groups excluding carboxylic acids is 1. The quantitative estimate of drug-likeness (QED) is 0.693. The summed E-state index contributed by atoms with van der Waals surface area (Å²) in [5.41, 5.74) is 4.29. The predicted molar refractivity (Wildman–Crippen MR) is 116 cm³/mol. The topological polar surface area (TPSA) is 34.5 Å². The second-order valence-corrected chi connectivity index (χ2v) is 9.28. The molecule has 0 amide bonds. The number of ether oxygens (including phenoxy) is 1. The fourth-order valence-corrected chi connectivity index (χ4v) is 6.21. The lowest BCUT2D eigenvalue weighted by Crippen LogP contribution is -2.51. The van der Waals surface area contributed by atoms with Crippen molar-refractivity contribution in [2.24, 2.45) is 5.92 Å². The highest BCUT2D eigenvalue weighted by molar-refractivity contribution is 5.89. The van der Waals surface area contributed by atoms with Crippen molar-refractivity contribution in [2.75, 3.05) is 13.1 Å². The molecular weight excluding hydrogens is 360 g/mol. The Balaban J connectivity index is 1.44. The SMILES string of the molecule is CCN1C[C@H](C(=O)OC2CCCCC2)CC2c3cccc4c3c(cn4CC)C[C@H]21. The smallest absolute Gasteiger partial charge is 0.310 e. The third-order valence-electron chi connectivity index (χ3n) is 7.69. The second kappa shape index (κ2) is 7.79. The zero-order valence-corrected chi connectivity index (χ0v) is 17.9. The number of likely N-dealkylation sites (tertiary alicyclic amines) is 1. The molecule has 156 valence electrons. The first kappa shape index (κ1) is 19.2. The van der Waals surface area contributed by atoms with Crippen molar-refractivity contribution in [3.05, 3.63) is 35.5 Å². The Kier molecular flexibility index (Phi) is 5.15. The zero-order chi connectivity index (χ0) is 20.0. The molecule has 2 fully saturated rings. The maximum atomic E-state index is 13.1. The Morgan fingerprint density at radius 1 is 1.14 bits per heavy atom. The summed E-state index contributed by atoms with van der Waals surface area (Å²) in [6.07, 6.45) is 10.3. The van der Waals surface area contributed by atoms with Gasteiger partial charge in [-0.2, -0.15) is 0 Å². The van der Waals surface area contributed by atoms with Gasteiger partial charge in [-0.25, -0.2) is 0 Å². The first-order valence-corrected chi connectivity index (χ1v) is 11.7. The van der Waals surface area contributed by atoms with Crippen LogP contribution in [0.25, 0.3) is 10.9 Å². The fourth-order valence-electron chi connectivity index (χ4n) is 6.21. The third-order valence-corrected chi connectivity index (χ3v) is 7.69. The summed E-state index contributed by atoms with van der Waals surface area (Å²) in [4.78, 5) is 15.6. The first-order chi connectivity index (χ1) is 14.2. The number of hydrogen-bond donors (Lipinski definition) is 0. The van der Waals surface area contributed by atoms with Crippen LogP contribution in [0, 0.1) is 5.92 Å². The minimum absolute atomic E-state index is 0.00296. The van der Waals surface area contributed by atoms with Crippen molar-refractivity contribution < 1.29 is 9.53 Å². The van der Waals surface area contributed by atoms with Crippen LogP contribution in [0.15, 0.2) is 24.4 Å². The number of fused-ring (bicyclic) bond motifs is 2. The number of aryl methyl sites for hydroxylation is 1. The van der Waals surface area contributed by atoms with Crippen LogP contribution < -0.4 is 0 Å². The minimum Gasteiger partial charge on any atom is -0.462 e. The predicted octanol–water partition coefficient (Wildman–Crippen LogP) is 4.89. The summed E-state index contributed by atoms with van der Waals surface area (Å²) in [6, 6.07) is 7.27. The Morgan fingerprint density at radius 2 is 1.97 bits per heavy atom. The van der Waals surface area contributed by atoms with Gasteiger partial charge < -0.3 is 9.30 Å². The molecule has 0 radical (unpaired) electrons. The number of aromatic nitrogens is 1. The minimum atomic E-state index is 0.00296. The summed E-state index contributed by atoms with van der Waals surface area (Å²) < 4.78 is 8.38. The van der Waals surface area contributed by atoms with E-state index in [1.807, 2.05) is 0 Å². The van der Waals surface area contributed by atoms with Crippen molar-refractivity contribution in [2.45, 2.75) is 83.4 Å². The van der Waals surface area contributed by atoms with E-state index >= 15 is 0 Å². The van der Waals surface area contributed by atoms with Crippen molar-refractivity contribution >= 4 is 16.9 Å². The molecule has 1 saturated carbocycles. The van der Waals surface area contributed by atoms with Gasteiger partial charge in [0.25, 0.3) is 0 Å². The van der Waals surface area contributed by atoms with E-state index in [2.05, 4.69) is 47.7 Å². The summed E-state index contributed by atoms with van der Waals surface area (Å²) in [7, 11) is 0. The molecule has 5 rings (SSSR count). The molecule has 1 aromatic carbocycles. The van der Waals surface area contributed by atoms with Crippen LogP contribution in [0.1, 0.15) is 69.4 Å². The van der Waals surface area contributed by atoms with Crippen LogP contribution in [0.4, 0.5) is 0 Å². The summed E-state index contributed by atoms with van der Waals surface area (Å²) >= 11 is 0. The van der Waals surface area contributed by atoms with Crippen molar-refractivity contribution in [3.63, 3.8) is 0 Å². The third kappa shape index (κ3) is 3.30. The molecule has 3 aliphatic rings. The number of likely N-dealkylation sites (N-methyl/N-ethyl adjacent to an activating group) is 1. The highest BCUT2D eigenvalue weighted by Crippen LogP contribution is 2.45. The molecule has 2 aliphatic carbocycles. The van der Waals surface area contributed by atoms with Gasteiger partial charge in [-0.1, -0.05) is 25.5 Å². The molecule has 1 unspecified atom stereocenters. The molecule has 0 bridgehead atoms. The van der Waals surface area contributed by atoms with Gasteiger partial charge in [0.05, 0.1) is 5.92 Å². The monoisotopic (exact) mass is 394 g/mol. The van der Waals surface area contributed by atoms with E-state index in [1.54, 1.807) is 0 Å². The molecule has 1 saturated heterocycles. The van der Waals surface area contributed by atoms with Gasteiger partial charge in [-0.15, -0.1) is 0 Å². The molecule has 1 aliphatic heterocycles. The molecule has 4 nitrogen and oxygen atoms in total. The molecule has 1 aromatic heterocycles. The zero-order valence-electron chi connectivity index (χ0n) is 17.9. The average molecular weight is 395 g/mol. The molecular formula is C25H34N2O2. The van der Waals surface area contributed by atoms with E-state index in [4.69, 9.17) is 4.74 Å². The fraction of sp³-hybridized carbons (Fsp3) is 0.640. The lowest BCUT2D eigenvalue weighted by Gasteiger charge is -2.46. The summed E-state index contributed by atoms with van der Waals surface area (Å²) in [5, 5.41) is 1.45. The molecule has 0 N–H and O–H groups in total.